The van der Waals surface area contributed by atoms with Crippen molar-refractivity contribution >= 4 is 46.6 Å². The van der Waals surface area contributed by atoms with Crippen molar-refractivity contribution in [2.75, 3.05) is 26.2 Å². The van der Waals surface area contributed by atoms with E-state index in [1.165, 1.54) is 0 Å². The topological polar surface area (TPSA) is 44.3 Å². The van der Waals surface area contributed by atoms with Crippen molar-refractivity contribution in [3.63, 3.8) is 0 Å². The predicted molar refractivity (Wildman–Crippen MR) is 159 cm³/mol. The highest BCUT2D eigenvalue weighted by Gasteiger charge is 2.35. The predicted octanol–water partition coefficient (Wildman–Crippen LogP) is 7.10. The van der Waals surface area contributed by atoms with E-state index in [1.54, 1.807) is 12.1 Å². The number of aromatic nitrogens is 2. The molecule has 4 aromatic rings. The molecule has 6 rings (SSSR count). The fraction of sp³-hybridized carbons (Fsp3) is 0.367. The Morgan fingerprint density at radius 3 is 2.46 bits per heavy atom. The summed E-state index contributed by atoms with van der Waals surface area (Å²) in [4.78, 5) is 20.7. The van der Waals surface area contributed by atoms with Gasteiger partial charge < -0.3 is 9.88 Å². The Kier molecular flexibility index (Phi) is 8.69. The molecule has 9 heteroatoms. The second-order valence-electron chi connectivity index (χ2n) is 10.7. The highest BCUT2D eigenvalue weighted by atomic mass is 35.5. The summed E-state index contributed by atoms with van der Waals surface area (Å²) in [7, 11) is 0. The van der Waals surface area contributed by atoms with Gasteiger partial charge in [-0.05, 0) is 72.7 Å². The van der Waals surface area contributed by atoms with Crippen molar-refractivity contribution in [3.8, 4) is 0 Å². The van der Waals surface area contributed by atoms with Crippen LogP contribution in [0.1, 0.15) is 42.5 Å². The number of nitrogens with zero attached hydrogens (tertiary/aromatic N) is 3. The highest BCUT2D eigenvalue weighted by Crippen LogP contribution is 2.38. The molecule has 2 saturated heterocycles. The van der Waals surface area contributed by atoms with E-state index < -0.39 is 0 Å². The number of imidazole rings is 1. The number of nitrogens with one attached hydrogen (secondary N) is 1. The second kappa shape index (κ2) is 12.0. The molecular weight excluding hydrogens is 558 g/mol. The minimum Gasteiger partial charge on any atom is -0.305 e. The first-order valence-corrected chi connectivity index (χ1v) is 14.1. The molecule has 0 spiro atoms. The third kappa shape index (κ3) is 6.06. The standard InChI is InChI=1S/C30H31Cl2FN4O.ClH/c31-23-7-10-28-27(16-23)34-30(38)37(28)25-11-13-35(14-12-25)17-20-15-29(21-5-8-24(33)9-6-21)36(18-20)19-22-3-1-2-4-26(22)32;/h1-10,16,20,25,29H,11-15,17-19H2,(H,34,38);1H. The van der Waals surface area contributed by atoms with Crippen molar-refractivity contribution in [1.29, 1.82) is 0 Å². The van der Waals surface area contributed by atoms with Gasteiger partial charge in [0, 0.05) is 54.9 Å². The van der Waals surface area contributed by atoms with E-state index in [0.29, 0.717) is 10.9 Å². The summed E-state index contributed by atoms with van der Waals surface area (Å²) in [6, 6.07) is 21.0. The van der Waals surface area contributed by atoms with E-state index >= 15 is 0 Å². The molecule has 2 aliphatic rings. The maximum absolute atomic E-state index is 13.7. The molecule has 0 amide bonds. The van der Waals surface area contributed by atoms with Crippen LogP contribution in [0.3, 0.4) is 0 Å². The van der Waals surface area contributed by atoms with Gasteiger partial charge in [0.15, 0.2) is 0 Å². The van der Waals surface area contributed by atoms with Crippen LogP contribution in [-0.4, -0.2) is 45.5 Å². The molecule has 2 aliphatic heterocycles. The summed E-state index contributed by atoms with van der Waals surface area (Å²) in [5.74, 6) is 0.295. The molecule has 2 unspecified atom stereocenters. The maximum atomic E-state index is 13.7. The van der Waals surface area contributed by atoms with Crippen LogP contribution in [0, 0.1) is 11.7 Å². The lowest BCUT2D eigenvalue weighted by Crippen LogP contribution is -2.39. The van der Waals surface area contributed by atoms with E-state index in [0.717, 1.165) is 79.2 Å². The van der Waals surface area contributed by atoms with Gasteiger partial charge in [0.2, 0.25) is 0 Å². The number of halogens is 4. The molecular formula is C30H32Cl3FN4O. The van der Waals surface area contributed by atoms with Crippen LogP contribution in [0.5, 0.6) is 0 Å². The van der Waals surface area contributed by atoms with E-state index in [1.807, 2.05) is 53.1 Å². The van der Waals surface area contributed by atoms with Crippen LogP contribution in [0.15, 0.2) is 71.5 Å². The zero-order chi connectivity index (χ0) is 26.2. The lowest BCUT2D eigenvalue weighted by Gasteiger charge is -2.34. The smallest absolute Gasteiger partial charge is 0.305 e. The molecule has 2 atom stereocenters. The second-order valence-corrected chi connectivity index (χ2v) is 11.5. The average molecular weight is 590 g/mol. The van der Waals surface area contributed by atoms with Crippen LogP contribution < -0.4 is 5.69 Å². The van der Waals surface area contributed by atoms with Gasteiger partial charge in [-0.2, -0.15) is 0 Å². The molecule has 3 aromatic carbocycles. The van der Waals surface area contributed by atoms with Gasteiger partial charge in [0.05, 0.1) is 11.0 Å². The molecule has 5 nitrogen and oxygen atoms in total. The molecule has 1 N–H and O–H groups in total. The maximum Gasteiger partial charge on any atom is 0.326 e. The minimum absolute atomic E-state index is 0. The van der Waals surface area contributed by atoms with Crippen molar-refractivity contribution in [2.24, 2.45) is 5.92 Å². The summed E-state index contributed by atoms with van der Waals surface area (Å²) in [5.41, 5.74) is 3.92. The van der Waals surface area contributed by atoms with Gasteiger partial charge in [-0.3, -0.25) is 9.47 Å². The zero-order valence-electron chi connectivity index (χ0n) is 21.5. The van der Waals surface area contributed by atoms with E-state index in [9.17, 15) is 9.18 Å². The zero-order valence-corrected chi connectivity index (χ0v) is 23.9. The number of fused-ring (bicyclic) bond motifs is 1. The molecule has 39 heavy (non-hydrogen) atoms. The Morgan fingerprint density at radius 2 is 1.72 bits per heavy atom. The number of H-pyrrole nitrogens is 1. The first-order chi connectivity index (χ1) is 18.4. The van der Waals surface area contributed by atoms with Gasteiger partial charge in [0.25, 0.3) is 0 Å². The van der Waals surface area contributed by atoms with Crippen molar-refractivity contribution in [1.82, 2.24) is 19.4 Å². The molecule has 0 saturated carbocycles. The van der Waals surface area contributed by atoms with Gasteiger partial charge in [-0.25, -0.2) is 9.18 Å². The molecule has 0 bridgehead atoms. The van der Waals surface area contributed by atoms with Crippen molar-refractivity contribution in [2.45, 2.75) is 37.9 Å². The average Bonchev–Trinajstić information content (AvgIpc) is 3.45. The van der Waals surface area contributed by atoms with Gasteiger partial charge >= 0.3 is 5.69 Å². The molecule has 3 heterocycles. The first kappa shape index (κ1) is 28.2. The third-order valence-corrected chi connectivity index (χ3v) is 8.80. The normalized spacial score (nSPS) is 20.9. The molecule has 0 radical (unpaired) electrons. The Hall–Kier alpha value is -2.35. The number of hydrogen-bond acceptors (Lipinski definition) is 3. The van der Waals surface area contributed by atoms with E-state index in [4.69, 9.17) is 23.2 Å². The third-order valence-electron chi connectivity index (χ3n) is 8.19. The van der Waals surface area contributed by atoms with Gasteiger partial charge in [-0.1, -0.05) is 53.5 Å². The van der Waals surface area contributed by atoms with Crippen molar-refractivity contribution < 1.29 is 4.39 Å². The molecule has 2 fully saturated rings. The number of piperidine rings is 1. The Morgan fingerprint density at radius 1 is 0.974 bits per heavy atom. The molecule has 206 valence electrons. The minimum atomic E-state index is -0.207. The molecule has 0 aliphatic carbocycles. The van der Waals surface area contributed by atoms with Crippen LogP contribution in [0.4, 0.5) is 4.39 Å². The Balaban J connectivity index is 0.00000308. The van der Waals surface area contributed by atoms with Gasteiger partial charge in [0.1, 0.15) is 5.82 Å². The summed E-state index contributed by atoms with van der Waals surface area (Å²) in [5, 5.41) is 1.41. The number of likely N-dealkylation sites (tertiary alicyclic amines) is 2. The number of aromatic amines is 1. The quantitative estimate of drug-likeness (QED) is 0.261. The van der Waals surface area contributed by atoms with Gasteiger partial charge in [-0.15, -0.1) is 12.4 Å². The lowest BCUT2D eigenvalue weighted by atomic mass is 9.97. The SMILES string of the molecule is Cl.O=c1[nH]c2cc(Cl)ccc2n1C1CCN(CC2CC(c3ccc(F)cc3)N(Cc3ccccc3Cl)C2)CC1. The number of benzene rings is 3. The summed E-state index contributed by atoms with van der Waals surface area (Å²) < 4.78 is 15.6. The first-order valence-electron chi connectivity index (χ1n) is 13.3. The fourth-order valence-corrected chi connectivity index (χ4v) is 6.74. The number of hydrogen-bond donors (Lipinski definition) is 1. The van der Waals surface area contributed by atoms with Crippen molar-refractivity contribution in [3.05, 3.63) is 104 Å². The van der Waals surface area contributed by atoms with Crippen LogP contribution in [-0.2, 0) is 6.54 Å². The summed E-state index contributed by atoms with van der Waals surface area (Å²) in [6.45, 7) is 4.67. The Bertz CT molecular complexity index is 1480. The summed E-state index contributed by atoms with van der Waals surface area (Å²) in [6.07, 6.45) is 2.90. The number of rotatable bonds is 6. The van der Waals surface area contributed by atoms with Crippen LogP contribution in [0.2, 0.25) is 10.0 Å². The molecule has 1 aromatic heterocycles. The summed E-state index contributed by atoms with van der Waals surface area (Å²) >= 11 is 12.6. The monoisotopic (exact) mass is 588 g/mol. The lowest BCUT2D eigenvalue weighted by molar-refractivity contribution is 0.161. The van der Waals surface area contributed by atoms with E-state index in [-0.39, 0.29) is 36.0 Å². The van der Waals surface area contributed by atoms with E-state index in [2.05, 4.69) is 20.9 Å². The highest BCUT2D eigenvalue weighted by molar-refractivity contribution is 6.31. The Labute approximate surface area is 243 Å². The van der Waals surface area contributed by atoms with Crippen LogP contribution in [0.25, 0.3) is 11.0 Å². The largest absolute Gasteiger partial charge is 0.326 e. The fourth-order valence-electron chi connectivity index (χ4n) is 6.37. The van der Waals surface area contributed by atoms with Crippen LogP contribution >= 0.6 is 35.6 Å².